The van der Waals surface area contributed by atoms with Gasteiger partial charge < -0.3 is 5.32 Å². The van der Waals surface area contributed by atoms with Crippen LogP contribution in [0.2, 0.25) is 0 Å². The topological polar surface area (TPSA) is 29.1 Å². The summed E-state index contributed by atoms with van der Waals surface area (Å²) in [6.07, 6.45) is 10.3. The summed E-state index contributed by atoms with van der Waals surface area (Å²) in [5.74, 6) is 6.21. The summed E-state index contributed by atoms with van der Waals surface area (Å²) in [4.78, 5) is 12.2. The number of rotatable bonds is 7. The van der Waals surface area contributed by atoms with Gasteiger partial charge in [-0.1, -0.05) is 13.3 Å². The Balaban J connectivity index is 1.12. The molecule has 0 bridgehead atoms. The highest BCUT2D eigenvalue weighted by molar-refractivity contribution is 7.99. The van der Waals surface area contributed by atoms with Crippen LogP contribution in [-0.4, -0.2) is 29.2 Å². The maximum atomic E-state index is 12.2. The Morgan fingerprint density at radius 1 is 1.30 bits per heavy atom. The van der Waals surface area contributed by atoms with Crippen molar-refractivity contribution in [3.63, 3.8) is 0 Å². The van der Waals surface area contributed by atoms with Gasteiger partial charge in [-0.2, -0.15) is 24.4 Å². The predicted molar refractivity (Wildman–Crippen MR) is 101 cm³/mol. The Morgan fingerprint density at radius 2 is 2.13 bits per heavy atom. The molecule has 1 amide bonds. The van der Waals surface area contributed by atoms with E-state index in [1.165, 1.54) is 50.7 Å². The first-order valence-electron chi connectivity index (χ1n) is 9.55. The summed E-state index contributed by atoms with van der Waals surface area (Å²) in [6.45, 7) is 2.40. The van der Waals surface area contributed by atoms with E-state index in [9.17, 15) is 4.79 Å². The Kier molecular flexibility index (Phi) is 4.45. The number of hydrogen-bond donors (Lipinski definition) is 2. The molecule has 0 aliphatic heterocycles. The molecule has 0 aromatic carbocycles. The molecule has 1 spiro atoms. The minimum Gasteiger partial charge on any atom is -0.353 e. The molecule has 4 heteroatoms. The lowest BCUT2D eigenvalue weighted by atomic mass is 9.83. The molecule has 4 fully saturated rings. The van der Waals surface area contributed by atoms with Gasteiger partial charge in [-0.15, -0.1) is 0 Å². The fourth-order valence-electron chi connectivity index (χ4n) is 5.85. The molecule has 0 aromatic heterocycles. The largest absolute Gasteiger partial charge is 0.353 e. The second kappa shape index (κ2) is 6.16. The molecule has 130 valence electrons. The number of carbonyl (C=O) groups is 1. The predicted octanol–water partition coefficient (Wildman–Crippen LogP) is 4.15. The third-order valence-corrected chi connectivity index (χ3v) is 9.24. The molecule has 0 heterocycles. The molecule has 0 radical (unpaired) electrons. The zero-order valence-corrected chi connectivity index (χ0v) is 16.1. The van der Waals surface area contributed by atoms with Gasteiger partial charge in [0.25, 0.3) is 0 Å². The molecule has 4 aliphatic carbocycles. The normalized spacial score (nSPS) is 46.9. The molecule has 6 unspecified atom stereocenters. The van der Waals surface area contributed by atoms with E-state index >= 15 is 0 Å². The van der Waals surface area contributed by atoms with Gasteiger partial charge in [0.05, 0.1) is 0 Å². The van der Waals surface area contributed by atoms with Crippen LogP contribution < -0.4 is 5.32 Å². The lowest BCUT2D eigenvalue weighted by Crippen LogP contribution is -2.40. The van der Waals surface area contributed by atoms with Gasteiger partial charge in [0, 0.05) is 18.2 Å². The van der Waals surface area contributed by atoms with Crippen molar-refractivity contribution in [3.8, 4) is 0 Å². The first-order chi connectivity index (χ1) is 11.1. The van der Waals surface area contributed by atoms with Gasteiger partial charge in [-0.3, -0.25) is 4.79 Å². The van der Waals surface area contributed by atoms with Crippen LogP contribution in [0.5, 0.6) is 0 Å². The zero-order valence-electron chi connectivity index (χ0n) is 14.4. The van der Waals surface area contributed by atoms with Gasteiger partial charge >= 0.3 is 0 Å². The third-order valence-electron chi connectivity index (χ3n) is 7.53. The van der Waals surface area contributed by atoms with Gasteiger partial charge in [-0.25, -0.2) is 0 Å². The number of thiol groups is 1. The summed E-state index contributed by atoms with van der Waals surface area (Å²) in [5.41, 5.74) is 1.15. The minimum atomic E-state index is 0.295. The smallest absolute Gasteiger partial charge is 0.221 e. The van der Waals surface area contributed by atoms with E-state index in [1.807, 2.05) is 11.8 Å². The van der Waals surface area contributed by atoms with Crippen molar-refractivity contribution in [2.75, 3.05) is 17.3 Å². The number of carbonyl (C=O) groups excluding carboxylic acids is 1. The molecule has 1 N–H and O–H groups in total. The highest BCUT2D eigenvalue weighted by Gasteiger charge is 2.83. The van der Waals surface area contributed by atoms with E-state index < -0.39 is 0 Å². The van der Waals surface area contributed by atoms with E-state index in [4.69, 9.17) is 0 Å². The van der Waals surface area contributed by atoms with Gasteiger partial charge in [0.2, 0.25) is 5.91 Å². The molecule has 6 atom stereocenters. The quantitative estimate of drug-likeness (QED) is 0.532. The van der Waals surface area contributed by atoms with Crippen molar-refractivity contribution in [3.05, 3.63) is 0 Å². The van der Waals surface area contributed by atoms with Crippen LogP contribution in [0.25, 0.3) is 0 Å². The van der Waals surface area contributed by atoms with Crippen LogP contribution in [-0.2, 0) is 4.79 Å². The molecule has 4 rings (SSSR count). The van der Waals surface area contributed by atoms with Crippen molar-refractivity contribution in [2.45, 2.75) is 64.3 Å². The zero-order chi connectivity index (χ0) is 16.1. The first-order valence-corrected chi connectivity index (χ1v) is 11.3. The van der Waals surface area contributed by atoms with Crippen LogP contribution in [0, 0.1) is 28.6 Å². The average molecular weight is 354 g/mol. The Morgan fingerprint density at radius 3 is 2.83 bits per heavy atom. The molecule has 0 aromatic rings. The summed E-state index contributed by atoms with van der Waals surface area (Å²) >= 11 is 6.45. The Hall–Kier alpha value is 0.170. The van der Waals surface area contributed by atoms with E-state index in [0.717, 1.165) is 29.3 Å². The van der Waals surface area contributed by atoms with Crippen molar-refractivity contribution >= 4 is 30.3 Å². The van der Waals surface area contributed by atoms with Crippen LogP contribution in [0.4, 0.5) is 0 Å². The maximum absolute atomic E-state index is 12.2. The van der Waals surface area contributed by atoms with Crippen molar-refractivity contribution < 1.29 is 4.79 Å². The first kappa shape index (κ1) is 16.6. The lowest BCUT2D eigenvalue weighted by Gasteiger charge is -2.27. The highest BCUT2D eigenvalue weighted by Crippen LogP contribution is 2.88. The van der Waals surface area contributed by atoms with E-state index in [-0.39, 0.29) is 0 Å². The monoisotopic (exact) mass is 353 g/mol. The lowest BCUT2D eigenvalue weighted by molar-refractivity contribution is -0.121. The van der Waals surface area contributed by atoms with Gasteiger partial charge in [-0.05, 0) is 78.6 Å². The number of hydrogen-bond acceptors (Lipinski definition) is 3. The molecule has 2 nitrogen and oxygen atoms in total. The van der Waals surface area contributed by atoms with Crippen LogP contribution >= 0.6 is 24.4 Å². The van der Waals surface area contributed by atoms with E-state index in [1.54, 1.807) is 0 Å². The molecule has 23 heavy (non-hydrogen) atoms. The molecule has 0 saturated heterocycles. The summed E-state index contributed by atoms with van der Waals surface area (Å²) in [6, 6.07) is 0.480. The highest BCUT2D eigenvalue weighted by atomic mass is 32.2. The van der Waals surface area contributed by atoms with Crippen LogP contribution in [0.1, 0.15) is 58.3 Å². The molecule has 4 saturated carbocycles. The van der Waals surface area contributed by atoms with Gasteiger partial charge in [0.1, 0.15) is 0 Å². The van der Waals surface area contributed by atoms with E-state index in [0.29, 0.717) is 29.2 Å². The van der Waals surface area contributed by atoms with Crippen molar-refractivity contribution in [1.82, 2.24) is 5.32 Å². The van der Waals surface area contributed by atoms with Crippen molar-refractivity contribution in [2.24, 2.45) is 28.6 Å². The number of amides is 1. The standard InChI is InChI=1S/C19H31NOS2/c1-18-12-19(18)9-15(19)8-16(18)20-17(21)5-6-23-11-14-4-2-3-13(7-14)10-22/h13-16,22H,2-12H2,1H3,(H,20,21). The van der Waals surface area contributed by atoms with Gasteiger partial charge in [0.15, 0.2) is 0 Å². The SMILES string of the molecule is CC12CC13CC3CC2NC(=O)CCSCC1CCCC(CS)C1. The van der Waals surface area contributed by atoms with E-state index in [2.05, 4.69) is 24.9 Å². The molecular formula is C19H31NOS2. The Bertz CT molecular complexity index is 484. The number of nitrogens with one attached hydrogen (secondary N) is 1. The fraction of sp³-hybridized carbons (Fsp3) is 0.947. The molecule has 4 aliphatic rings. The summed E-state index contributed by atoms with van der Waals surface area (Å²) in [5, 5.41) is 3.36. The Labute approximate surface area is 150 Å². The average Bonchev–Trinajstić information content (AvgIpc) is 3.39. The van der Waals surface area contributed by atoms with Crippen LogP contribution in [0.3, 0.4) is 0 Å². The third kappa shape index (κ3) is 2.96. The second-order valence-corrected chi connectivity index (χ2v) is 10.4. The number of thioether (sulfide) groups is 1. The maximum Gasteiger partial charge on any atom is 0.221 e. The fourth-order valence-corrected chi connectivity index (χ4v) is 7.31. The summed E-state index contributed by atoms with van der Waals surface area (Å²) in [7, 11) is 0. The molecular weight excluding hydrogens is 322 g/mol. The van der Waals surface area contributed by atoms with Crippen LogP contribution in [0.15, 0.2) is 0 Å². The van der Waals surface area contributed by atoms with Crippen molar-refractivity contribution in [1.29, 1.82) is 0 Å². The minimum absolute atomic E-state index is 0.295. The second-order valence-electron chi connectivity index (χ2n) is 8.91. The summed E-state index contributed by atoms with van der Waals surface area (Å²) < 4.78 is 0.